The molecule has 4 heteroatoms. The van der Waals surface area contributed by atoms with Crippen molar-refractivity contribution in [3.63, 3.8) is 0 Å². The van der Waals surface area contributed by atoms with Gasteiger partial charge >= 0.3 is 0 Å². The van der Waals surface area contributed by atoms with Crippen LogP contribution in [0.4, 0.5) is 5.69 Å². The van der Waals surface area contributed by atoms with Gasteiger partial charge in [-0.15, -0.1) is 0 Å². The highest BCUT2D eigenvalue weighted by Crippen LogP contribution is 2.18. The zero-order chi connectivity index (χ0) is 14.5. The number of nitrogens with one attached hydrogen (secondary N) is 1. The van der Waals surface area contributed by atoms with E-state index in [2.05, 4.69) is 30.1 Å². The summed E-state index contributed by atoms with van der Waals surface area (Å²) in [7, 11) is 0. The Morgan fingerprint density at radius 2 is 2.30 bits per heavy atom. The Balaban J connectivity index is 1.89. The minimum absolute atomic E-state index is 0.0417. The normalized spacial score (nSPS) is 20.1. The van der Waals surface area contributed by atoms with Crippen LogP contribution in [0.5, 0.6) is 0 Å². The number of amides is 1. The van der Waals surface area contributed by atoms with Crippen LogP contribution in [0.2, 0.25) is 0 Å². The first-order chi connectivity index (χ1) is 9.54. The lowest BCUT2D eigenvalue weighted by molar-refractivity contribution is -0.117. The molecule has 0 saturated carbocycles. The summed E-state index contributed by atoms with van der Waals surface area (Å²) in [5, 5.41) is 2.98. The molecule has 1 fully saturated rings. The Morgan fingerprint density at radius 3 is 3.00 bits per heavy atom. The first-order valence-corrected chi connectivity index (χ1v) is 7.42. The molecule has 0 radical (unpaired) electrons. The predicted molar refractivity (Wildman–Crippen MR) is 82.8 cm³/mol. The summed E-state index contributed by atoms with van der Waals surface area (Å²) in [6, 6.07) is 8.27. The second-order valence-corrected chi connectivity index (χ2v) is 5.97. The number of nitrogens with zero attached hydrogens (tertiary/aromatic N) is 1. The third kappa shape index (κ3) is 4.32. The highest BCUT2D eigenvalue weighted by molar-refractivity contribution is 5.92. The van der Waals surface area contributed by atoms with Crippen LogP contribution in [-0.2, 0) is 4.79 Å². The molecule has 1 aromatic carbocycles. The minimum atomic E-state index is 0.0417. The van der Waals surface area contributed by atoms with Crippen molar-refractivity contribution in [2.24, 2.45) is 5.73 Å². The molecular formula is C16H25N3O. The van der Waals surface area contributed by atoms with Gasteiger partial charge in [0.05, 0.1) is 6.54 Å². The number of carbonyl (C=O) groups is 1. The average Bonchev–Trinajstić information content (AvgIpc) is 2.38. The lowest BCUT2D eigenvalue weighted by atomic mass is 10.0. The van der Waals surface area contributed by atoms with Crippen LogP contribution < -0.4 is 11.1 Å². The van der Waals surface area contributed by atoms with Crippen LogP contribution in [0.1, 0.15) is 38.2 Å². The quantitative estimate of drug-likeness (QED) is 0.885. The number of anilines is 1. The van der Waals surface area contributed by atoms with Gasteiger partial charge in [-0.3, -0.25) is 9.69 Å². The minimum Gasteiger partial charge on any atom is -0.327 e. The number of likely N-dealkylation sites (tertiary alicyclic amines) is 1. The highest BCUT2D eigenvalue weighted by Gasteiger charge is 2.18. The lowest BCUT2D eigenvalue weighted by Crippen LogP contribution is -2.45. The second kappa shape index (κ2) is 6.86. The van der Waals surface area contributed by atoms with Gasteiger partial charge in [0.25, 0.3) is 0 Å². The van der Waals surface area contributed by atoms with Gasteiger partial charge < -0.3 is 11.1 Å². The fourth-order valence-corrected chi connectivity index (χ4v) is 2.61. The maximum Gasteiger partial charge on any atom is 0.238 e. The van der Waals surface area contributed by atoms with E-state index in [0.29, 0.717) is 12.5 Å². The van der Waals surface area contributed by atoms with Crippen LogP contribution in [-0.4, -0.2) is 36.5 Å². The molecule has 4 nitrogen and oxygen atoms in total. The van der Waals surface area contributed by atoms with E-state index in [1.54, 1.807) is 0 Å². The molecule has 20 heavy (non-hydrogen) atoms. The molecule has 0 spiro atoms. The summed E-state index contributed by atoms with van der Waals surface area (Å²) in [6.45, 7) is 6.51. The van der Waals surface area contributed by atoms with E-state index in [1.807, 2.05) is 18.2 Å². The lowest BCUT2D eigenvalue weighted by Gasteiger charge is -2.29. The van der Waals surface area contributed by atoms with E-state index in [0.717, 1.165) is 31.6 Å². The first kappa shape index (κ1) is 15.0. The van der Waals surface area contributed by atoms with Crippen molar-refractivity contribution < 1.29 is 4.79 Å². The van der Waals surface area contributed by atoms with E-state index in [9.17, 15) is 4.79 Å². The van der Waals surface area contributed by atoms with Crippen molar-refractivity contribution >= 4 is 11.6 Å². The van der Waals surface area contributed by atoms with Gasteiger partial charge in [-0.25, -0.2) is 0 Å². The SMILES string of the molecule is CC(C)c1cccc(NC(=O)CN2CCC[C@@H](N)C2)c1. The van der Waals surface area contributed by atoms with Crippen LogP contribution in [0, 0.1) is 0 Å². The van der Waals surface area contributed by atoms with E-state index in [4.69, 9.17) is 5.73 Å². The largest absolute Gasteiger partial charge is 0.327 e. The molecular weight excluding hydrogens is 250 g/mol. The third-order valence-corrected chi connectivity index (χ3v) is 3.75. The monoisotopic (exact) mass is 275 g/mol. The second-order valence-electron chi connectivity index (χ2n) is 5.97. The van der Waals surface area contributed by atoms with Crippen molar-refractivity contribution in [3.8, 4) is 0 Å². The number of benzene rings is 1. The average molecular weight is 275 g/mol. The number of piperidine rings is 1. The Labute approximate surface area is 121 Å². The Kier molecular flexibility index (Phi) is 5.15. The Morgan fingerprint density at radius 1 is 1.50 bits per heavy atom. The van der Waals surface area contributed by atoms with Crippen LogP contribution >= 0.6 is 0 Å². The van der Waals surface area contributed by atoms with Crippen LogP contribution in [0.25, 0.3) is 0 Å². The number of hydrogen-bond donors (Lipinski definition) is 2. The summed E-state index contributed by atoms with van der Waals surface area (Å²) < 4.78 is 0. The third-order valence-electron chi connectivity index (χ3n) is 3.75. The first-order valence-electron chi connectivity index (χ1n) is 7.42. The molecule has 1 amide bonds. The maximum atomic E-state index is 12.1. The van der Waals surface area contributed by atoms with Gasteiger partial charge in [-0.2, -0.15) is 0 Å². The number of carbonyl (C=O) groups excluding carboxylic acids is 1. The number of nitrogens with two attached hydrogens (primary N) is 1. The van der Waals surface area contributed by atoms with Crippen molar-refractivity contribution in [2.75, 3.05) is 25.0 Å². The fourth-order valence-electron chi connectivity index (χ4n) is 2.61. The molecule has 1 saturated heterocycles. The summed E-state index contributed by atoms with van der Waals surface area (Å²) in [5.74, 6) is 0.506. The van der Waals surface area contributed by atoms with Gasteiger partial charge in [0.15, 0.2) is 0 Å². The summed E-state index contributed by atoms with van der Waals surface area (Å²) in [6.07, 6.45) is 2.14. The smallest absolute Gasteiger partial charge is 0.238 e. The molecule has 110 valence electrons. The molecule has 1 aromatic rings. The van der Waals surface area contributed by atoms with Crippen molar-refractivity contribution in [3.05, 3.63) is 29.8 Å². The maximum absolute atomic E-state index is 12.1. The van der Waals surface area contributed by atoms with E-state index >= 15 is 0 Å². The number of hydrogen-bond acceptors (Lipinski definition) is 3. The molecule has 3 N–H and O–H groups in total. The summed E-state index contributed by atoms with van der Waals surface area (Å²) in [5.41, 5.74) is 8.05. The molecule has 2 rings (SSSR count). The van der Waals surface area contributed by atoms with Crippen molar-refractivity contribution in [1.82, 2.24) is 4.90 Å². The molecule has 1 aliphatic heterocycles. The number of rotatable bonds is 4. The Hall–Kier alpha value is -1.39. The van der Waals surface area contributed by atoms with Gasteiger partial charge in [-0.1, -0.05) is 26.0 Å². The topological polar surface area (TPSA) is 58.4 Å². The zero-order valence-corrected chi connectivity index (χ0v) is 12.4. The predicted octanol–water partition coefficient (Wildman–Crippen LogP) is 2.17. The van der Waals surface area contributed by atoms with E-state index < -0.39 is 0 Å². The molecule has 0 bridgehead atoms. The zero-order valence-electron chi connectivity index (χ0n) is 12.4. The molecule has 1 atom stereocenters. The van der Waals surface area contributed by atoms with Gasteiger partial charge in [0, 0.05) is 18.3 Å². The molecule has 1 heterocycles. The van der Waals surface area contributed by atoms with Gasteiger partial charge in [0.1, 0.15) is 0 Å². The molecule has 0 aromatic heterocycles. The van der Waals surface area contributed by atoms with Crippen molar-refractivity contribution in [1.29, 1.82) is 0 Å². The van der Waals surface area contributed by atoms with E-state index in [-0.39, 0.29) is 11.9 Å². The molecule has 1 aliphatic rings. The van der Waals surface area contributed by atoms with Gasteiger partial charge in [0.2, 0.25) is 5.91 Å². The standard InChI is InChI=1S/C16H25N3O/c1-12(2)13-5-3-7-15(9-13)18-16(20)11-19-8-4-6-14(17)10-19/h3,5,7,9,12,14H,4,6,8,10-11,17H2,1-2H3,(H,18,20)/t14-/m1/s1. The molecule has 0 aliphatic carbocycles. The van der Waals surface area contributed by atoms with Crippen LogP contribution in [0.3, 0.4) is 0 Å². The highest BCUT2D eigenvalue weighted by atomic mass is 16.2. The summed E-state index contributed by atoms with van der Waals surface area (Å²) >= 11 is 0. The van der Waals surface area contributed by atoms with Gasteiger partial charge in [-0.05, 0) is 43.0 Å². The van der Waals surface area contributed by atoms with Crippen molar-refractivity contribution in [2.45, 2.75) is 38.6 Å². The fraction of sp³-hybridized carbons (Fsp3) is 0.562. The van der Waals surface area contributed by atoms with Crippen LogP contribution in [0.15, 0.2) is 24.3 Å². The summed E-state index contributed by atoms with van der Waals surface area (Å²) in [4.78, 5) is 14.2. The van der Waals surface area contributed by atoms with E-state index in [1.165, 1.54) is 5.56 Å². The Bertz CT molecular complexity index is 459. The molecule has 0 unspecified atom stereocenters.